The van der Waals surface area contributed by atoms with Gasteiger partial charge < -0.3 is 9.47 Å². The molecule has 3 nitrogen and oxygen atoms in total. The zero-order chi connectivity index (χ0) is 18.6. The Balaban J connectivity index is 1.84. The van der Waals surface area contributed by atoms with Crippen molar-refractivity contribution in [3.05, 3.63) is 80.2 Å². The van der Waals surface area contributed by atoms with E-state index in [1.54, 1.807) is 30.7 Å². The number of halogens is 2. The molecule has 0 aliphatic carbocycles. The van der Waals surface area contributed by atoms with E-state index in [9.17, 15) is 0 Å². The van der Waals surface area contributed by atoms with Crippen LogP contribution in [0.5, 0.6) is 5.75 Å². The lowest BCUT2D eigenvalue weighted by Crippen LogP contribution is -2.29. The molecule has 136 valence electrons. The van der Waals surface area contributed by atoms with Crippen molar-refractivity contribution in [1.29, 1.82) is 0 Å². The SMILES string of the molecule is CCC(OC)(c1cccc(OCc2ccc(Cl)c(Cl)c2)c1)c1nccs1. The van der Waals surface area contributed by atoms with E-state index in [1.807, 2.05) is 41.8 Å². The van der Waals surface area contributed by atoms with Crippen LogP contribution in [0.2, 0.25) is 10.0 Å². The molecule has 0 saturated carbocycles. The highest BCUT2D eigenvalue weighted by molar-refractivity contribution is 7.09. The van der Waals surface area contributed by atoms with Gasteiger partial charge in [-0.3, -0.25) is 0 Å². The molecule has 0 aliphatic heterocycles. The Labute approximate surface area is 167 Å². The van der Waals surface area contributed by atoms with Gasteiger partial charge in [0.1, 0.15) is 23.0 Å². The number of hydrogen-bond acceptors (Lipinski definition) is 4. The van der Waals surface area contributed by atoms with Gasteiger partial charge in [0.2, 0.25) is 0 Å². The minimum atomic E-state index is -0.572. The summed E-state index contributed by atoms with van der Waals surface area (Å²) in [5.41, 5.74) is 1.40. The van der Waals surface area contributed by atoms with Gasteiger partial charge in [0.25, 0.3) is 0 Å². The molecule has 0 saturated heterocycles. The van der Waals surface area contributed by atoms with Crippen molar-refractivity contribution in [1.82, 2.24) is 4.98 Å². The highest BCUT2D eigenvalue weighted by atomic mass is 35.5. The first-order chi connectivity index (χ1) is 12.6. The molecule has 0 aliphatic rings. The van der Waals surface area contributed by atoms with Crippen LogP contribution in [0, 0.1) is 0 Å². The summed E-state index contributed by atoms with van der Waals surface area (Å²) in [5.74, 6) is 0.764. The summed E-state index contributed by atoms with van der Waals surface area (Å²) in [6.07, 6.45) is 2.57. The maximum Gasteiger partial charge on any atom is 0.144 e. The van der Waals surface area contributed by atoms with Crippen LogP contribution in [-0.2, 0) is 16.9 Å². The van der Waals surface area contributed by atoms with Crippen LogP contribution in [-0.4, -0.2) is 12.1 Å². The number of methoxy groups -OCH3 is 1. The summed E-state index contributed by atoms with van der Waals surface area (Å²) in [7, 11) is 1.72. The predicted octanol–water partition coefficient (Wildman–Crippen LogP) is 6.33. The highest BCUT2D eigenvalue weighted by Gasteiger charge is 2.35. The van der Waals surface area contributed by atoms with E-state index >= 15 is 0 Å². The third kappa shape index (κ3) is 3.89. The summed E-state index contributed by atoms with van der Waals surface area (Å²) < 4.78 is 11.9. The molecular weight excluding hydrogens is 389 g/mol. The van der Waals surface area contributed by atoms with Crippen molar-refractivity contribution < 1.29 is 9.47 Å². The van der Waals surface area contributed by atoms with Crippen LogP contribution >= 0.6 is 34.5 Å². The molecule has 1 unspecified atom stereocenters. The summed E-state index contributed by atoms with van der Waals surface area (Å²) in [5, 5.41) is 3.95. The van der Waals surface area contributed by atoms with Gasteiger partial charge in [0, 0.05) is 18.7 Å². The average Bonchev–Trinajstić information content (AvgIpc) is 3.20. The van der Waals surface area contributed by atoms with Crippen LogP contribution in [0.4, 0.5) is 0 Å². The summed E-state index contributed by atoms with van der Waals surface area (Å²) in [6.45, 7) is 2.50. The van der Waals surface area contributed by atoms with Gasteiger partial charge >= 0.3 is 0 Å². The molecule has 6 heteroatoms. The number of ether oxygens (including phenoxy) is 2. The van der Waals surface area contributed by atoms with Gasteiger partial charge in [0.05, 0.1) is 10.0 Å². The fraction of sp³-hybridized carbons (Fsp3) is 0.250. The number of benzene rings is 2. The Kier molecular flexibility index (Phi) is 6.20. The van der Waals surface area contributed by atoms with Gasteiger partial charge in [-0.25, -0.2) is 4.98 Å². The fourth-order valence-electron chi connectivity index (χ4n) is 2.88. The third-order valence-electron chi connectivity index (χ3n) is 4.31. The Bertz CT molecular complexity index is 864. The van der Waals surface area contributed by atoms with Crippen LogP contribution in [0.15, 0.2) is 54.0 Å². The van der Waals surface area contributed by atoms with E-state index in [0.29, 0.717) is 16.7 Å². The van der Waals surface area contributed by atoms with E-state index in [2.05, 4.69) is 11.9 Å². The number of nitrogens with zero attached hydrogens (tertiary/aromatic N) is 1. The van der Waals surface area contributed by atoms with Crippen molar-refractivity contribution in [2.45, 2.75) is 25.6 Å². The van der Waals surface area contributed by atoms with E-state index in [1.165, 1.54) is 0 Å². The second-order valence-corrected chi connectivity index (χ2v) is 7.50. The minimum Gasteiger partial charge on any atom is -0.489 e. The van der Waals surface area contributed by atoms with Gasteiger partial charge in [-0.2, -0.15) is 0 Å². The molecule has 1 atom stereocenters. The molecule has 0 bridgehead atoms. The second kappa shape index (κ2) is 8.40. The van der Waals surface area contributed by atoms with E-state index in [4.69, 9.17) is 32.7 Å². The van der Waals surface area contributed by atoms with Crippen LogP contribution in [0.3, 0.4) is 0 Å². The number of thiazole rings is 1. The lowest BCUT2D eigenvalue weighted by molar-refractivity contribution is 0.0182. The molecule has 0 spiro atoms. The monoisotopic (exact) mass is 407 g/mol. The van der Waals surface area contributed by atoms with Crippen LogP contribution < -0.4 is 4.74 Å². The molecular formula is C20H19Cl2NO2S. The summed E-state index contributed by atoms with van der Waals surface area (Å²) >= 11 is 13.6. The van der Waals surface area contributed by atoms with E-state index in [-0.39, 0.29) is 0 Å². The lowest BCUT2D eigenvalue weighted by atomic mass is 9.91. The minimum absolute atomic E-state index is 0.406. The molecule has 0 fully saturated rings. The molecule has 3 rings (SSSR count). The zero-order valence-corrected chi connectivity index (χ0v) is 16.9. The quantitative estimate of drug-likeness (QED) is 0.458. The Morgan fingerprint density at radius 1 is 1.12 bits per heavy atom. The maximum atomic E-state index is 6.07. The molecule has 1 aromatic heterocycles. The Morgan fingerprint density at radius 3 is 2.62 bits per heavy atom. The Hall–Kier alpha value is -1.59. The molecule has 0 radical (unpaired) electrons. The third-order valence-corrected chi connectivity index (χ3v) is 5.97. The molecule has 26 heavy (non-hydrogen) atoms. The van der Waals surface area contributed by atoms with Crippen molar-refractivity contribution >= 4 is 34.5 Å². The number of hydrogen-bond donors (Lipinski definition) is 0. The maximum absolute atomic E-state index is 6.07. The van der Waals surface area contributed by atoms with Crippen molar-refractivity contribution in [3.63, 3.8) is 0 Å². The fourth-order valence-corrected chi connectivity index (χ4v) is 4.11. The van der Waals surface area contributed by atoms with Crippen LogP contribution in [0.1, 0.15) is 29.5 Å². The number of aromatic nitrogens is 1. The molecule has 3 aromatic rings. The van der Waals surface area contributed by atoms with Gasteiger partial charge in [-0.1, -0.05) is 48.3 Å². The predicted molar refractivity (Wildman–Crippen MR) is 107 cm³/mol. The van der Waals surface area contributed by atoms with Gasteiger partial charge in [-0.05, 0) is 41.8 Å². The second-order valence-electron chi connectivity index (χ2n) is 5.79. The van der Waals surface area contributed by atoms with Gasteiger partial charge in [0.15, 0.2) is 0 Å². The van der Waals surface area contributed by atoms with E-state index < -0.39 is 5.60 Å². The smallest absolute Gasteiger partial charge is 0.144 e. The summed E-state index contributed by atoms with van der Waals surface area (Å²) in [6, 6.07) is 13.4. The van der Waals surface area contributed by atoms with Gasteiger partial charge in [-0.15, -0.1) is 11.3 Å². The first-order valence-electron chi connectivity index (χ1n) is 8.21. The first-order valence-corrected chi connectivity index (χ1v) is 9.85. The molecule has 0 N–H and O–H groups in total. The lowest BCUT2D eigenvalue weighted by Gasteiger charge is -2.30. The zero-order valence-electron chi connectivity index (χ0n) is 14.5. The van der Waals surface area contributed by atoms with Crippen molar-refractivity contribution in [2.24, 2.45) is 0 Å². The summed E-state index contributed by atoms with van der Waals surface area (Å²) in [4.78, 5) is 4.47. The molecule has 1 heterocycles. The topological polar surface area (TPSA) is 31.4 Å². The molecule has 0 amide bonds. The standard InChI is InChI=1S/C20H19Cl2NO2S/c1-3-20(24-2,19-23-9-10-26-19)15-5-4-6-16(12-15)25-13-14-7-8-17(21)18(22)11-14/h4-12H,3,13H2,1-2H3. The van der Waals surface area contributed by atoms with Crippen molar-refractivity contribution in [3.8, 4) is 5.75 Å². The highest BCUT2D eigenvalue weighted by Crippen LogP contribution is 2.38. The Morgan fingerprint density at radius 2 is 1.96 bits per heavy atom. The van der Waals surface area contributed by atoms with E-state index in [0.717, 1.165) is 28.3 Å². The van der Waals surface area contributed by atoms with Crippen molar-refractivity contribution in [2.75, 3.05) is 7.11 Å². The number of rotatable bonds is 7. The average molecular weight is 408 g/mol. The molecule has 2 aromatic carbocycles. The largest absolute Gasteiger partial charge is 0.489 e. The first kappa shape index (κ1) is 19.2. The normalized spacial score (nSPS) is 13.4. The van der Waals surface area contributed by atoms with Crippen LogP contribution in [0.25, 0.3) is 0 Å².